The van der Waals surface area contributed by atoms with Crippen molar-refractivity contribution in [2.75, 3.05) is 31.2 Å². The molecule has 7 nitrogen and oxygen atoms in total. The Labute approximate surface area is 182 Å². The summed E-state index contributed by atoms with van der Waals surface area (Å²) in [4.78, 5) is 19.0. The van der Waals surface area contributed by atoms with E-state index >= 15 is 0 Å². The Morgan fingerprint density at radius 3 is 2.68 bits per heavy atom. The van der Waals surface area contributed by atoms with E-state index in [4.69, 9.17) is 9.72 Å². The van der Waals surface area contributed by atoms with E-state index in [1.807, 2.05) is 13.8 Å². The second-order valence-corrected chi connectivity index (χ2v) is 7.72. The van der Waals surface area contributed by atoms with Crippen LogP contribution in [-0.2, 0) is 17.6 Å². The predicted octanol–water partition coefficient (Wildman–Crippen LogP) is 3.76. The summed E-state index contributed by atoms with van der Waals surface area (Å²) in [7, 11) is 0. The van der Waals surface area contributed by atoms with Crippen LogP contribution in [0.1, 0.15) is 52.3 Å². The number of aromatic nitrogens is 3. The highest BCUT2D eigenvalue weighted by atomic mass is 16.5. The molecule has 0 saturated carbocycles. The second kappa shape index (κ2) is 8.89. The summed E-state index contributed by atoms with van der Waals surface area (Å²) in [5, 5.41) is 14.4. The Balaban J connectivity index is 1.86. The number of allylic oxidation sites excluding steroid dienone is 1. The Bertz CT molecular complexity index is 1140. The van der Waals surface area contributed by atoms with Gasteiger partial charge in [-0.05, 0) is 37.0 Å². The highest BCUT2D eigenvalue weighted by Gasteiger charge is 2.22. The monoisotopic (exact) mass is 420 g/mol. The van der Waals surface area contributed by atoms with Crippen molar-refractivity contribution < 1.29 is 14.6 Å². The number of carbonyl (C=O) groups is 1. The number of ether oxygens (including phenoxy) is 1. The highest BCUT2D eigenvalue weighted by Crippen LogP contribution is 2.27. The largest absolute Gasteiger partial charge is 0.477 e. The predicted molar refractivity (Wildman–Crippen MR) is 121 cm³/mol. The summed E-state index contributed by atoms with van der Waals surface area (Å²) in [6.07, 6.45) is 5.79. The number of carboxylic acids is 1. The van der Waals surface area contributed by atoms with Crippen LogP contribution in [0.3, 0.4) is 0 Å². The molecule has 0 amide bonds. The molecule has 4 rings (SSSR count). The molecule has 1 fully saturated rings. The molecule has 0 radical (unpaired) electrons. The SMILES string of the molecule is C/C=C\c1c(CC)cccc1Cc1c(C)nn2c(C(=O)O)cc(N3CCOCC3)nc12. The van der Waals surface area contributed by atoms with E-state index in [0.29, 0.717) is 44.2 Å². The van der Waals surface area contributed by atoms with E-state index in [-0.39, 0.29) is 5.69 Å². The number of aryl methyl sites for hydroxylation is 2. The first kappa shape index (κ1) is 21.1. The summed E-state index contributed by atoms with van der Waals surface area (Å²) in [5.74, 6) is -0.358. The lowest BCUT2D eigenvalue weighted by Gasteiger charge is -2.28. The number of fused-ring (bicyclic) bond motifs is 1. The summed E-state index contributed by atoms with van der Waals surface area (Å²) < 4.78 is 6.91. The van der Waals surface area contributed by atoms with Crippen LogP contribution in [0.5, 0.6) is 0 Å². The minimum absolute atomic E-state index is 0.122. The summed E-state index contributed by atoms with van der Waals surface area (Å²) in [5.41, 5.74) is 6.17. The lowest BCUT2D eigenvalue weighted by molar-refractivity contribution is 0.0687. The van der Waals surface area contributed by atoms with Gasteiger partial charge in [0.05, 0.1) is 18.9 Å². The van der Waals surface area contributed by atoms with Crippen LogP contribution < -0.4 is 4.90 Å². The number of carboxylic acid groups (broad SMARTS) is 1. The zero-order valence-corrected chi connectivity index (χ0v) is 18.3. The average Bonchev–Trinajstić information content (AvgIpc) is 3.09. The van der Waals surface area contributed by atoms with Crippen LogP contribution in [0.4, 0.5) is 5.82 Å². The van der Waals surface area contributed by atoms with Gasteiger partial charge in [0.25, 0.3) is 0 Å². The van der Waals surface area contributed by atoms with Gasteiger partial charge < -0.3 is 14.7 Å². The topological polar surface area (TPSA) is 80.0 Å². The zero-order valence-electron chi connectivity index (χ0n) is 18.3. The quantitative estimate of drug-likeness (QED) is 0.654. The second-order valence-electron chi connectivity index (χ2n) is 7.72. The Kier molecular flexibility index (Phi) is 6.04. The van der Waals surface area contributed by atoms with Crippen molar-refractivity contribution in [1.29, 1.82) is 0 Å². The third-order valence-corrected chi connectivity index (χ3v) is 5.79. The lowest BCUT2D eigenvalue weighted by atomic mass is 9.94. The number of rotatable bonds is 6. The molecule has 1 aliphatic heterocycles. The number of benzene rings is 1. The summed E-state index contributed by atoms with van der Waals surface area (Å²) in [6, 6.07) is 7.97. The average molecular weight is 421 g/mol. The number of morpholine rings is 1. The molecule has 1 N–H and O–H groups in total. The van der Waals surface area contributed by atoms with Gasteiger partial charge in [0, 0.05) is 31.1 Å². The molecule has 3 heterocycles. The standard InChI is InChI=1S/C24H28N4O3/c1-4-7-19-17(5-2)8-6-9-18(19)14-20-16(3)26-28-21(24(29)30)15-22(25-23(20)28)27-10-12-31-13-11-27/h4,6-9,15H,5,10-14H2,1-3H3,(H,29,30)/b7-4-. The molecule has 0 spiro atoms. The van der Waals surface area contributed by atoms with Crippen molar-refractivity contribution in [3.63, 3.8) is 0 Å². The minimum Gasteiger partial charge on any atom is -0.477 e. The van der Waals surface area contributed by atoms with Crippen molar-refractivity contribution in [3.05, 3.63) is 64.0 Å². The van der Waals surface area contributed by atoms with Gasteiger partial charge in [-0.15, -0.1) is 0 Å². The minimum atomic E-state index is -1.02. The van der Waals surface area contributed by atoms with Gasteiger partial charge in [-0.25, -0.2) is 14.3 Å². The molecule has 1 aromatic carbocycles. The molecular formula is C24H28N4O3. The van der Waals surface area contributed by atoms with Crippen LogP contribution in [0.2, 0.25) is 0 Å². The maximum absolute atomic E-state index is 12.0. The molecule has 0 bridgehead atoms. The molecule has 1 saturated heterocycles. The van der Waals surface area contributed by atoms with Gasteiger partial charge in [-0.1, -0.05) is 37.3 Å². The van der Waals surface area contributed by atoms with Gasteiger partial charge in [-0.2, -0.15) is 5.10 Å². The fraction of sp³-hybridized carbons (Fsp3) is 0.375. The molecule has 0 atom stereocenters. The molecule has 1 aliphatic rings. The van der Waals surface area contributed by atoms with E-state index in [2.05, 4.69) is 47.3 Å². The van der Waals surface area contributed by atoms with E-state index in [9.17, 15) is 9.90 Å². The van der Waals surface area contributed by atoms with Crippen molar-refractivity contribution >= 4 is 23.5 Å². The molecule has 0 aliphatic carbocycles. The van der Waals surface area contributed by atoms with Gasteiger partial charge in [-0.3, -0.25) is 0 Å². The van der Waals surface area contributed by atoms with E-state index < -0.39 is 5.97 Å². The molecule has 7 heteroatoms. The Morgan fingerprint density at radius 1 is 1.26 bits per heavy atom. The van der Waals surface area contributed by atoms with Gasteiger partial charge in [0.1, 0.15) is 5.82 Å². The Hall–Kier alpha value is -3.19. The number of hydrogen-bond acceptors (Lipinski definition) is 5. The van der Waals surface area contributed by atoms with E-state index in [0.717, 1.165) is 17.7 Å². The maximum Gasteiger partial charge on any atom is 0.354 e. The van der Waals surface area contributed by atoms with Crippen molar-refractivity contribution in [2.24, 2.45) is 0 Å². The molecule has 3 aromatic rings. The van der Waals surface area contributed by atoms with Crippen molar-refractivity contribution in [1.82, 2.24) is 14.6 Å². The molecular weight excluding hydrogens is 392 g/mol. The van der Waals surface area contributed by atoms with E-state index in [1.54, 1.807) is 6.07 Å². The van der Waals surface area contributed by atoms with Gasteiger partial charge in [0.2, 0.25) is 0 Å². The lowest BCUT2D eigenvalue weighted by Crippen LogP contribution is -2.37. The highest BCUT2D eigenvalue weighted by molar-refractivity contribution is 5.88. The molecule has 0 unspecified atom stereocenters. The van der Waals surface area contributed by atoms with Crippen LogP contribution in [0.25, 0.3) is 11.7 Å². The summed E-state index contributed by atoms with van der Waals surface area (Å²) >= 11 is 0. The zero-order chi connectivity index (χ0) is 22.0. The van der Waals surface area contributed by atoms with Crippen LogP contribution in [-0.4, -0.2) is 52.0 Å². The number of anilines is 1. The fourth-order valence-corrected chi connectivity index (χ4v) is 4.17. The van der Waals surface area contributed by atoms with Gasteiger partial charge in [0.15, 0.2) is 11.3 Å². The number of aromatic carboxylic acids is 1. The third kappa shape index (κ3) is 4.05. The fourth-order valence-electron chi connectivity index (χ4n) is 4.17. The van der Waals surface area contributed by atoms with Crippen LogP contribution in [0, 0.1) is 6.92 Å². The maximum atomic E-state index is 12.0. The smallest absolute Gasteiger partial charge is 0.354 e. The van der Waals surface area contributed by atoms with Crippen molar-refractivity contribution in [2.45, 2.75) is 33.6 Å². The first-order chi connectivity index (χ1) is 15.0. The number of nitrogens with zero attached hydrogens (tertiary/aromatic N) is 4. The normalized spacial score (nSPS) is 14.6. The van der Waals surface area contributed by atoms with Crippen LogP contribution >= 0.6 is 0 Å². The summed E-state index contributed by atoms with van der Waals surface area (Å²) in [6.45, 7) is 8.69. The van der Waals surface area contributed by atoms with Crippen LogP contribution in [0.15, 0.2) is 30.3 Å². The third-order valence-electron chi connectivity index (χ3n) is 5.79. The number of hydrogen-bond donors (Lipinski definition) is 1. The van der Waals surface area contributed by atoms with Gasteiger partial charge >= 0.3 is 5.97 Å². The Morgan fingerprint density at radius 2 is 2.00 bits per heavy atom. The molecule has 2 aromatic heterocycles. The van der Waals surface area contributed by atoms with Crippen molar-refractivity contribution in [3.8, 4) is 0 Å². The molecule has 31 heavy (non-hydrogen) atoms. The first-order valence-electron chi connectivity index (χ1n) is 10.7. The van der Waals surface area contributed by atoms with E-state index in [1.165, 1.54) is 21.2 Å². The first-order valence-corrected chi connectivity index (χ1v) is 10.7. The molecule has 162 valence electrons.